The molecule has 0 saturated heterocycles. The Kier molecular flexibility index (Phi) is 5.67. The van der Waals surface area contributed by atoms with Crippen molar-refractivity contribution in [3.63, 3.8) is 0 Å². The fourth-order valence-electron chi connectivity index (χ4n) is 4.25. The third-order valence-electron chi connectivity index (χ3n) is 5.68. The molecule has 0 unspecified atom stereocenters. The molecule has 1 atom stereocenters. The molecule has 2 aromatic carbocycles. The topological polar surface area (TPSA) is 51.9 Å². The Bertz CT molecular complexity index is 1140. The molecule has 1 amide bonds. The van der Waals surface area contributed by atoms with E-state index in [0.717, 1.165) is 11.1 Å². The molecule has 3 aromatic rings. The molecule has 0 N–H and O–H groups in total. The van der Waals surface area contributed by atoms with Crippen LogP contribution in [-0.4, -0.2) is 31.6 Å². The van der Waals surface area contributed by atoms with E-state index in [1.807, 2.05) is 6.07 Å². The molecule has 0 aliphatic carbocycles. The van der Waals surface area contributed by atoms with Crippen molar-refractivity contribution in [3.05, 3.63) is 81.0 Å². The first-order valence-corrected chi connectivity index (χ1v) is 10.3. The van der Waals surface area contributed by atoms with Gasteiger partial charge in [-0.05, 0) is 61.7 Å². The van der Waals surface area contributed by atoms with Gasteiger partial charge in [0.25, 0.3) is 5.91 Å². The average Bonchev–Trinajstić information content (AvgIpc) is 3.09. The summed E-state index contributed by atoms with van der Waals surface area (Å²) in [5, 5.41) is 0.255. The lowest BCUT2D eigenvalue weighted by atomic mass is 9.87. The molecule has 1 aromatic heterocycles. The summed E-state index contributed by atoms with van der Waals surface area (Å²) in [5.74, 6) is 1.55. The molecule has 31 heavy (non-hydrogen) atoms. The number of methoxy groups -OCH3 is 2. The Morgan fingerprint density at radius 1 is 1.16 bits per heavy atom. The molecule has 0 bridgehead atoms. The van der Waals surface area contributed by atoms with Crippen molar-refractivity contribution >= 4 is 17.5 Å². The van der Waals surface area contributed by atoms with Crippen molar-refractivity contribution in [1.82, 2.24) is 4.90 Å². The predicted molar refractivity (Wildman–Crippen MR) is 116 cm³/mol. The number of ether oxygens (including phenoxy) is 2. The van der Waals surface area contributed by atoms with E-state index in [2.05, 4.69) is 0 Å². The minimum absolute atomic E-state index is 0.237. The zero-order chi connectivity index (χ0) is 22.3. The predicted octanol–water partition coefficient (Wildman–Crippen LogP) is 5.49. The molecule has 7 heteroatoms. The number of halogens is 2. The van der Waals surface area contributed by atoms with Crippen LogP contribution in [0.25, 0.3) is 0 Å². The molecule has 1 aliphatic heterocycles. The van der Waals surface area contributed by atoms with Gasteiger partial charge in [-0.3, -0.25) is 4.79 Å². The highest BCUT2D eigenvalue weighted by molar-refractivity contribution is 6.31. The van der Waals surface area contributed by atoms with Gasteiger partial charge in [-0.25, -0.2) is 4.39 Å². The minimum Gasteiger partial charge on any atom is -0.493 e. The van der Waals surface area contributed by atoms with Gasteiger partial charge in [0.15, 0.2) is 11.5 Å². The quantitative estimate of drug-likeness (QED) is 0.534. The number of hydrogen-bond donors (Lipinski definition) is 0. The molecule has 162 valence electrons. The van der Waals surface area contributed by atoms with Crippen molar-refractivity contribution in [3.8, 4) is 11.5 Å². The first-order valence-electron chi connectivity index (χ1n) is 9.92. The molecular formula is C24H23ClFNO4. The van der Waals surface area contributed by atoms with E-state index >= 15 is 4.39 Å². The number of rotatable bonds is 4. The number of hydrogen-bond acceptors (Lipinski definition) is 4. The molecule has 0 fully saturated rings. The monoisotopic (exact) mass is 443 g/mol. The third-order valence-corrected chi connectivity index (χ3v) is 6.01. The molecule has 4 rings (SSSR count). The molecular weight excluding hydrogens is 421 g/mol. The Hall–Kier alpha value is -2.99. The Labute approximate surface area is 185 Å². The van der Waals surface area contributed by atoms with Gasteiger partial charge >= 0.3 is 0 Å². The van der Waals surface area contributed by atoms with E-state index in [1.165, 1.54) is 6.07 Å². The number of carbonyl (C=O) groups excluding carboxylic acids is 1. The number of furan rings is 1. The number of aryl methyl sites for hydroxylation is 2. The lowest BCUT2D eigenvalue weighted by molar-refractivity contribution is 0.0690. The van der Waals surface area contributed by atoms with Crippen molar-refractivity contribution in [2.24, 2.45) is 0 Å². The van der Waals surface area contributed by atoms with Gasteiger partial charge in [0, 0.05) is 17.1 Å². The highest BCUT2D eigenvalue weighted by Gasteiger charge is 2.37. The maximum atomic E-state index is 15.1. The van der Waals surface area contributed by atoms with E-state index in [0.29, 0.717) is 41.5 Å². The van der Waals surface area contributed by atoms with Gasteiger partial charge in [0.1, 0.15) is 17.3 Å². The lowest BCUT2D eigenvalue weighted by Gasteiger charge is -2.38. The van der Waals surface area contributed by atoms with E-state index in [-0.39, 0.29) is 16.5 Å². The van der Waals surface area contributed by atoms with Crippen LogP contribution in [0.1, 0.15) is 44.6 Å². The van der Waals surface area contributed by atoms with Crippen LogP contribution >= 0.6 is 11.6 Å². The maximum absolute atomic E-state index is 15.1. The van der Waals surface area contributed by atoms with Gasteiger partial charge in [-0.15, -0.1) is 0 Å². The fraction of sp³-hybridized carbons (Fsp3) is 0.292. The van der Waals surface area contributed by atoms with Gasteiger partial charge in [0.2, 0.25) is 0 Å². The van der Waals surface area contributed by atoms with Crippen LogP contribution in [0.2, 0.25) is 5.02 Å². The van der Waals surface area contributed by atoms with E-state index in [9.17, 15) is 4.79 Å². The largest absolute Gasteiger partial charge is 0.493 e. The van der Waals surface area contributed by atoms with Gasteiger partial charge < -0.3 is 18.8 Å². The normalized spacial score (nSPS) is 15.5. The summed E-state index contributed by atoms with van der Waals surface area (Å²) in [4.78, 5) is 15.2. The summed E-state index contributed by atoms with van der Waals surface area (Å²) >= 11 is 6.46. The summed E-state index contributed by atoms with van der Waals surface area (Å²) in [6.45, 7) is 3.93. The van der Waals surface area contributed by atoms with Gasteiger partial charge in [-0.1, -0.05) is 17.7 Å². The number of fused-ring (bicyclic) bond motifs is 1. The number of carbonyl (C=O) groups is 1. The molecule has 0 saturated carbocycles. The van der Waals surface area contributed by atoms with Crippen LogP contribution in [0.5, 0.6) is 11.5 Å². The molecule has 5 nitrogen and oxygen atoms in total. The smallest absolute Gasteiger partial charge is 0.258 e. The Balaban J connectivity index is 1.93. The summed E-state index contributed by atoms with van der Waals surface area (Å²) in [6.07, 6.45) is 0.583. The SMILES string of the molecule is COc1cc2c(cc1OC)[C@@H](c1c(F)cccc1Cl)N(C(=O)c1cc(C)oc1C)CC2. The third kappa shape index (κ3) is 3.65. The zero-order valence-electron chi connectivity index (χ0n) is 17.8. The van der Waals surface area contributed by atoms with Gasteiger partial charge in [0.05, 0.1) is 25.8 Å². The summed E-state index contributed by atoms with van der Waals surface area (Å²) < 4.78 is 31.6. The van der Waals surface area contributed by atoms with E-state index in [1.54, 1.807) is 57.2 Å². The van der Waals surface area contributed by atoms with Crippen molar-refractivity contribution in [1.29, 1.82) is 0 Å². The van der Waals surface area contributed by atoms with Crippen molar-refractivity contribution in [2.45, 2.75) is 26.3 Å². The van der Waals surface area contributed by atoms with Crippen LogP contribution < -0.4 is 9.47 Å². The molecule has 1 aliphatic rings. The average molecular weight is 444 g/mol. The van der Waals surface area contributed by atoms with Gasteiger partial charge in [-0.2, -0.15) is 0 Å². The number of nitrogens with zero attached hydrogens (tertiary/aromatic N) is 1. The Morgan fingerprint density at radius 3 is 2.48 bits per heavy atom. The second-order valence-corrected chi connectivity index (χ2v) is 7.93. The minimum atomic E-state index is -0.723. The fourth-order valence-corrected chi connectivity index (χ4v) is 4.51. The highest BCUT2D eigenvalue weighted by atomic mass is 35.5. The lowest BCUT2D eigenvalue weighted by Crippen LogP contribution is -2.41. The van der Waals surface area contributed by atoms with Crippen LogP contribution in [0, 0.1) is 19.7 Å². The zero-order valence-corrected chi connectivity index (χ0v) is 18.5. The highest BCUT2D eigenvalue weighted by Crippen LogP contribution is 2.44. The maximum Gasteiger partial charge on any atom is 0.258 e. The van der Waals surface area contributed by atoms with Crippen molar-refractivity contribution < 1.29 is 23.1 Å². The Morgan fingerprint density at radius 2 is 1.87 bits per heavy atom. The van der Waals surface area contributed by atoms with Crippen LogP contribution in [0.3, 0.4) is 0 Å². The van der Waals surface area contributed by atoms with E-state index in [4.69, 9.17) is 25.5 Å². The first kappa shape index (κ1) is 21.2. The summed E-state index contributed by atoms with van der Waals surface area (Å²) in [5.41, 5.74) is 2.41. The number of amides is 1. The molecule has 0 radical (unpaired) electrons. The summed E-state index contributed by atoms with van der Waals surface area (Å²) in [6, 6.07) is 9.20. The van der Waals surface area contributed by atoms with E-state index < -0.39 is 11.9 Å². The van der Waals surface area contributed by atoms with Crippen LogP contribution in [0.4, 0.5) is 4.39 Å². The second-order valence-electron chi connectivity index (χ2n) is 7.52. The number of benzene rings is 2. The standard InChI is InChI=1S/C24H23ClFNO4/c1-13-10-16(14(2)31-13)24(28)27-9-8-15-11-20(29-3)21(30-4)12-17(15)23(27)22-18(25)6-5-7-19(22)26/h5-7,10-12,23H,8-9H2,1-4H3/t23-/m0/s1. The van der Waals surface area contributed by atoms with Crippen molar-refractivity contribution in [2.75, 3.05) is 20.8 Å². The molecule has 0 spiro atoms. The molecule has 2 heterocycles. The summed E-state index contributed by atoms with van der Waals surface area (Å²) in [7, 11) is 3.11. The van der Waals surface area contributed by atoms with Crippen LogP contribution in [-0.2, 0) is 6.42 Å². The van der Waals surface area contributed by atoms with Crippen LogP contribution in [0.15, 0.2) is 40.8 Å². The first-order chi connectivity index (χ1) is 14.8. The second kappa shape index (κ2) is 8.27.